The summed E-state index contributed by atoms with van der Waals surface area (Å²) in [4.78, 5) is 11.8. The molecule has 130 valence electrons. The number of hydrazone groups is 1. The van der Waals surface area contributed by atoms with Crippen LogP contribution >= 0.6 is 0 Å². The molecule has 0 fully saturated rings. The lowest BCUT2D eigenvalue weighted by atomic mass is 10.1. The number of phenols is 1. The van der Waals surface area contributed by atoms with Crippen molar-refractivity contribution in [2.45, 2.75) is 6.42 Å². The highest BCUT2D eigenvalue weighted by Gasteiger charge is 2.07. The van der Waals surface area contributed by atoms with Crippen molar-refractivity contribution in [2.75, 3.05) is 13.7 Å². The molecular weight excluding hydrogens is 320 g/mol. The molecule has 0 saturated heterocycles. The Morgan fingerprint density at radius 3 is 2.76 bits per heavy atom. The van der Waals surface area contributed by atoms with Gasteiger partial charge >= 0.3 is 0 Å². The van der Waals surface area contributed by atoms with Gasteiger partial charge in [-0.2, -0.15) is 5.10 Å². The maximum atomic E-state index is 11.8. The number of amides is 1. The summed E-state index contributed by atoms with van der Waals surface area (Å²) in [6.45, 7) is 3.53. The van der Waals surface area contributed by atoms with Gasteiger partial charge in [-0.1, -0.05) is 30.3 Å². The van der Waals surface area contributed by atoms with Gasteiger partial charge in [-0.25, -0.2) is 5.43 Å². The van der Waals surface area contributed by atoms with E-state index in [0.29, 0.717) is 23.5 Å². The second-order valence-electron chi connectivity index (χ2n) is 5.08. The summed E-state index contributed by atoms with van der Waals surface area (Å²) in [7, 11) is 1.46. The molecule has 0 atom stereocenters. The Labute approximate surface area is 146 Å². The molecule has 2 rings (SSSR count). The van der Waals surface area contributed by atoms with Crippen LogP contribution in [-0.2, 0) is 11.2 Å². The number of nitrogens with zero attached hydrogens (tertiary/aromatic N) is 1. The Kier molecular flexibility index (Phi) is 6.59. The van der Waals surface area contributed by atoms with Crippen LogP contribution in [0.1, 0.15) is 11.1 Å². The normalized spacial score (nSPS) is 10.4. The number of carbonyl (C=O) groups excluding carboxylic acids is 1. The molecule has 25 heavy (non-hydrogen) atoms. The van der Waals surface area contributed by atoms with Crippen LogP contribution in [0, 0.1) is 0 Å². The van der Waals surface area contributed by atoms with E-state index in [9.17, 15) is 9.90 Å². The maximum absolute atomic E-state index is 11.8. The molecule has 0 unspecified atom stereocenters. The Morgan fingerprint density at radius 1 is 1.24 bits per heavy atom. The van der Waals surface area contributed by atoms with Crippen molar-refractivity contribution >= 4 is 12.1 Å². The van der Waals surface area contributed by atoms with E-state index in [0.717, 1.165) is 5.56 Å². The number of benzene rings is 2. The molecule has 0 radical (unpaired) electrons. The van der Waals surface area contributed by atoms with Gasteiger partial charge in [0, 0.05) is 5.56 Å². The van der Waals surface area contributed by atoms with E-state index in [1.54, 1.807) is 30.3 Å². The predicted octanol–water partition coefficient (Wildman–Crippen LogP) is 2.66. The molecule has 0 aliphatic heterocycles. The van der Waals surface area contributed by atoms with Crippen molar-refractivity contribution in [3.63, 3.8) is 0 Å². The molecular formula is C19H20N2O4. The predicted molar refractivity (Wildman–Crippen MR) is 96.2 cm³/mol. The van der Waals surface area contributed by atoms with Crippen molar-refractivity contribution < 1.29 is 19.4 Å². The number of phenolic OH excluding ortho intramolecular Hbond substituents is 1. The fourth-order valence-corrected chi connectivity index (χ4v) is 2.13. The molecule has 6 heteroatoms. The maximum Gasteiger partial charge on any atom is 0.277 e. The van der Waals surface area contributed by atoms with Gasteiger partial charge in [-0.15, -0.1) is 6.58 Å². The summed E-state index contributed by atoms with van der Waals surface area (Å²) in [6, 6.07) is 12.4. The van der Waals surface area contributed by atoms with Crippen LogP contribution in [-0.4, -0.2) is 30.9 Å². The van der Waals surface area contributed by atoms with Crippen LogP contribution in [0.15, 0.2) is 60.2 Å². The first-order valence-corrected chi connectivity index (χ1v) is 7.65. The Bertz CT molecular complexity index is 772. The van der Waals surface area contributed by atoms with Gasteiger partial charge in [0.15, 0.2) is 18.1 Å². The van der Waals surface area contributed by atoms with Crippen molar-refractivity contribution in [3.05, 3.63) is 66.2 Å². The molecule has 0 aliphatic carbocycles. The molecule has 0 aliphatic rings. The number of nitrogens with one attached hydrogen (secondary N) is 1. The van der Waals surface area contributed by atoms with Gasteiger partial charge in [0.05, 0.1) is 13.3 Å². The average molecular weight is 340 g/mol. The number of allylic oxidation sites excluding steroid dienone is 1. The van der Waals surface area contributed by atoms with E-state index in [-0.39, 0.29) is 12.4 Å². The zero-order chi connectivity index (χ0) is 18.1. The number of methoxy groups -OCH3 is 1. The van der Waals surface area contributed by atoms with Crippen LogP contribution in [0.3, 0.4) is 0 Å². The zero-order valence-corrected chi connectivity index (χ0v) is 13.9. The second-order valence-corrected chi connectivity index (χ2v) is 5.08. The van der Waals surface area contributed by atoms with E-state index in [2.05, 4.69) is 17.1 Å². The van der Waals surface area contributed by atoms with Gasteiger partial charge in [0.25, 0.3) is 5.91 Å². The summed E-state index contributed by atoms with van der Waals surface area (Å²) in [5.41, 5.74) is 3.73. The third-order valence-corrected chi connectivity index (χ3v) is 3.34. The lowest BCUT2D eigenvalue weighted by Crippen LogP contribution is -2.24. The molecule has 2 N–H and O–H groups in total. The fraction of sp³-hybridized carbons (Fsp3) is 0.158. The Hall–Kier alpha value is -3.28. The van der Waals surface area contributed by atoms with Crippen molar-refractivity contribution in [1.29, 1.82) is 0 Å². The molecule has 0 heterocycles. The number of aromatic hydroxyl groups is 1. The van der Waals surface area contributed by atoms with Crippen LogP contribution in [0.2, 0.25) is 0 Å². The van der Waals surface area contributed by atoms with Gasteiger partial charge in [0.2, 0.25) is 0 Å². The third kappa shape index (κ3) is 5.10. The minimum absolute atomic E-state index is 0.0439. The van der Waals surface area contributed by atoms with Gasteiger partial charge in [-0.05, 0) is 30.2 Å². The molecule has 1 amide bonds. The lowest BCUT2D eigenvalue weighted by Gasteiger charge is -2.09. The largest absolute Gasteiger partial charge is 0.504 e. The summed E-state index contributed by atoms with van der Waals surface area (Å²) in [6.07, 6.45) is 3.76. The number of para-hydroxylation sites is 2. The highest BCUT2D eigenvalue weighted by molar-refractivity contribution is 5.86. The van der Waals surface area contributed by atoms with E-state index in [1.807, 2.05) is 18.2 Å². The van der Waals surface area contributed by atoms with E-state index in [1.165, 1.54) is 13.3 Å². The number of rotatable bonds is 8. The number of carbonyl (C=O) groups is 1. The van der Waals surface area contributed by atoms with Crippen molar-refractivity contribution in [1.82, 2.24) is 5.43 Å². The molecule has 0 bridgehead atoms. The molecule has 0 spiro atoms. The van der Waals surface area contributed by atoms with Crippen LogP contribution in [0.25, 0.3) is 0 Å². The first kappa shape index (κ1) is 18.1. The SMILES string of the molecule is C=CCc1ccccc1OCC(=O)NN=Cc1cccc(OC)c1O. The van der Waals surface area contributed by atoms with Crippen LogP contribution < -0.4 is 14.9 Å². The smallest absolute Gasteiger partial charge is 0.277 e. The molecule has 6 nitrogen and oxygen atoms in total. The van der Waals surface area contributed by atoms with E-state index < -0.39 is 5.91 Å². The second kappa shape index (κ2) is 9.12. The van der Waals surface area contributed by atoms with Crippen molar-refractivity contribution in [2.24, 2.45) is 5.10 Å². The van der Waals surface area contributed by atoms with E-state index >= 15 is 0 Å². The minimum atomic E-state index is -0.410. The highest BCUT2D eigenvalue weighted by atomic mass is 16.5. The molecule has 0 aromatic heterocycles. The fourth-order valence-electron chi connectivity index (χ4n) is 2.13. The summed E-state index contributed by atoms with van der Waals surface area (Å²) in [5, 5.41) is 13.7. The highest BCUT2D eigenvalue weighted by Crippen LogP contribution is 2.27. The first-order valence-electron chi connectivity index (χ1n) is 7.65. The molecule has 0 saturated carbocycles. The number of hydrogen-bond donors (Lipinski definition) is 2. The Morgan fingerprint density at radius 2 is 2.00 bits per heavy atom. The summed E-state index contributed by atoms with van der Waals surface area (Å²) < 4.78 is 10.5. The van der Waals surface area contributed by atoms with Crippen molar-refractivity contribution in [3.8, 4) is 17.2 Å². The monoisotopic (exact) mass is 340 g/mol. The van der Waals surface area contributed by atoms with Crippen LogP contribution in [0.4, 0.5) is 0 Å². The minimum Gasteiger partial charge on any atom is -0.504 e. The first-order chi connectivity index (χ1) is 12.2. The van der Waals surface area contributed by atoms with E-state index in [4.69, 9.17) is 9.47 Å². The van der Waals surface area contributed by atoms with Gasteiger partial charge < -0.3 is 14.6 Å². The zero-order valence-electron chi connectivity index (χ0n) is 13.9. The lowest BCUT2D eigenvalue weighted by molar-refractivity contribution is -0.123. The standard InChI is InChI=1S/C19H20N2O4/c1-3-7-14-8-4-5-10-16(14)25-13-18(22)21-20-12-15-9-6-11-17(24-2)19(15)23/h3-6,8-12,23H,1,7,13H2,2H3,(H,21,22). The Balaban J connectivity index is 1.90. The molecule has 2 aromatic carbocycles. The van der Waals surface area contributed by atoms with Gasteiger partial charge in [0.1, 0.15) is 5.75 Å². The summed E-state index contributed by atoms with van der Waals surface area (Å²) >= 11 is 0. The quantitative estimate of drug-likeness (QED) is 0.440. The number of ether oxygens (including phenoxy) is 2. The number of hydrogen-bond acceptors (Lipinski definition) is 5. The van der Waals surface area contributed by atoms with Gasteiger partial charge in [-0.3, -0.25) is 4.79 Å². The summed E-state index contributed by atoms with van der Waals surface area (Å²) in [5.74, 6) is 0.508. The van der Waals surface area contributed by atoms with Crippen LogP contribution in [0.5, 0.6) is 17.2 Å². The average Bonchev–Trinajstić information content (AvgIpc) is 2.62. The topological polar surface area (TPSA) is 80.2 Å². The third-order valence-electron chi connectivity index (χ3n) is 3.34. The molecule has 2 aromatic rings.